The van der Waals surface area contributed by atoms with E-state index in [4.69, 9.17) is 17.3 Å². The van der Waals surface area contributed by atoms with Crippen LogP contribution >= 0.6 is 22.9 Å². The maximum atomic E-state index is 11.9. The van der Waals surface area contributed by atoms with Gasteiger partial charge in [0.2, 0.25) is 5.91 Å². The van der Waals surface area contributed by atoms with Crippen molar-refractivity contribution in [2.75, 3.05) is 23.9 Å². The number of benzene rings is 1. The van der Waals surface area contributed by atoms with Crippen LogP contribution in [0.15, 0.2) is 30.3 Å². The van der Waals surface area contributed by atoms with Gasteiger partial charge in [-0.05, 0) is 24.3 Å². The number of fused-ring (bicyclic) bond motifs is 1. The molecule has 6 heteroatoms. The standard InChI is InChI=1S/C15H16ClN3OS/c1-18(8-10-4-6-13(16)21-10)9-3-5-11-12(7-9)19(2)15(20)14(11)17/h3-7,14H,8,17H2,1-2H3. The Morgan fingerprint density at radius 1 is 1.38 bits per heavy atom. The molecular formula is C15H16ClN3OS. The average Bonchev–Trinajstić information content (AvgIpc) is 2.97. The van der Waals surface area contributed by atoms with Gasteiger partial charge in [0.25, 0.3) is 0 Å². The van der Waals surface area contributed by atoms with Crippen LogP contribution in [0.1, 0.15) is 16.5 Å². The summed E-state index contributed by atoms with van der Waals surface area (Å²) < 4.78 is 0.795. The second-order valence-corrected chi connectivity index (χ2v) is 6.98. The zero-order valence-corrected chi connectivity index (χ0v) is 13.4. The van der Waals surface area contributed by atoms with Crippen LogP contribution in [0.4, 0.5) is 11.4 Å². The number of likely N-dealkylation sites (N-methyl/N-ethyl adjacent to an activating group) is 1. The molecule has 110 valence electrons. The van der Waals surface area contributed by atoms with Crippen molar-refractivity contribution < 1.29 is 4.79 Å². The summed E-state index contributed by atoms with van der Waals surface area (Å²) in [6.07, 6.45) is 0. The van der Waals surface area contributed by atoms with Gasteiger partial charge in [-0.15, -0.1) is 11.3 Å². The maximum absolute atomic E-state index is 11.9. The number of nitrogens with zero attached hydrogens (tertiary/aromatic N) is 2. The highest BCUT2D eigenvalue weighted by Crippen LogP contribution is 2.36. The summed E-state index contributed by atoms with van der Waals surface area (Å²) in [6, 6.07) is 9.34. The highest BCUT2D eigenvalue weighted by molar-refractivity contribution is 7.16. The van der Waals surface area contributed by atoms with Crippen LogP contribution in [-0.4, -0.2) is 20.0 Å². The molecule has 1 aromatic heterocycles. The summed E-state index contributed by atoms with van der Waals surface area (Å²) in [5.41, 5.74) is 8.74. The SMILES string of the molecule is CN(Cc1ccc(Cl)s1)c1ccc2c(c1)N(C)C(=O)C2N. The third kappa shape index (κ3) is 2.52. The number of halogens is 1. The summed E-state index contributed by atoms with van der Waals surface area (Å²) in [5, 5.41) is 0. The third-order valence-corrected chi connectivity index (χ3v) is 4.99. The third-order valence-electron chi connectivity index (χ3n) is 3.77. The molecule has 0 saturated heterocycles. The second-order valence-electron chi connectivity index (χ2n) is 5.18. The molecule has 2 heterocycles. The van der Waals surface area contributed by atoms with Gasteiger partial charge in [0.1, 0.15) is 6.04 Å². The minimum Gasteiger partial charge on any atom is -0.369 e. The van der Waals surface area contributed by atoms with Gasteiger partial charge in [-0.3, -0.25) is 4.79 Å². The lowest BCUT2D eigenvalue weighted by atomic mass is 10.1. The van der Waals surface area contributed by atoms with E-state index in [2.05, 4.69) is 4.90 Å². The normalized spacial score (nSPS) is 17.2. The molecule has 1 amide bonds. The van der Waals surface area contributed by atoms with Crippen molar-refractivity contribution in [1.29, 1.82) is 0 Å². The lowest BCUT2D eigenvalue weighted by Gasteiger charge is -2.20. The van der Waals surface area contributed by atoms with Crippen LogP contribution in [0.2, 0.25) is 4.34 Å². The number of hydrogen-bond acceptors (Lipinski definition) is 4. The minimum absolute atomic E-state index is 0.0603. The number of carbonyl (C=O) groups excluding carboxylic acids is 1. The van der Waals surface area contributed by atoms with E-state index in [0.29, 0.717) is 0 Å². The Kier molecular flexibility index (Phi) is 3.65. The highest BCUT2D eigenvalue weighted by atomic mass is 35.5. The first-order chi connectivity index (χ1) is 9.97. The number of hydrogen-bond donors (Lipinski definition) is 1. The minimum atomic E-state index is -0.541. The van der Waals surface area contributed by atoms with E-state index in [0.717, 1.165) is 27.8 Å². The number of carbonyl (C=O) groups is 1. The molecule has 1 unspecified atom stereocenters. The lowest BCUT2D eigenvalue weighted by Crippen LogP contribution is -2.27. The molecule has 0 radical (unpaired) electrons. The van der Waals surface area contributed by atoms with Crippen LogP contribution in [-0.2, 0) is 11.3 Å². The maximum Gasteiger partial charge on any atom is 0.248 e. The van der Waals surface area contributed by atoms with Gasteiger partial charge in [0, 0.05) is 30.2 Å². The van der Waals surface area contributed by atoms with Crippen molar-refractivity contribution in [3.63, 3.8) is 0 Å². The summed E-state index contributed by atoms with van der Waals surface area (Å²) in [5.74, 6) is -0.0603. The first-order valence-corrected chi connectivity index (χ1v) is 7.79. The second kappa shape index (κ2) is 5.33. The molecule has 2 N–H and O–H groups in total. The van der Waals surface area contributed by atoms with E-state index in [1.54, 1.807) is 23.3 Å². The molecule has 0 bridgehead atoms. The molecule has 0 fully saturated rings. The van der Waals surface area contributed by atoms with Gasteiger partial charge < -0.3 is 15.5 Å². The summed E-state index contributed by atoms with van der Waals surface area (Å²) in [7, 11) is 3.78. The largest absolute Gasteiger partial charge is 0.369 e. The molecule has 1 aromatic carbocycles. The molecule has 1 aliphatic heterocycles. The number of amides is 1. The first-order valence-electron chi connectivity index (χ1n) is 6.60. The predicted octanol–water partition coefficient (Wildman–Crippen LogP) is 3.01. The van der Waals surface area contributed by atoms with E-state index in [1.807, 2.05) is 37.4 Å². The quantitative estimate of drug-likeness (QED) is 0.945. The smallest absolute Gasteiger partial charge is 0.248 e. The Bertz CT molecular complexity index is 700. The first kappa shape index (κ1) is 14.4. The Labute approximate surface area is 132 Å². The zero-order valence-electron chi connectivity index (χ0n) is 11.8. The van der Waals surface area contributed by atoms with Crippen LogP contribution < -0.4 is 15.5 Å². The predicted molar refractivity (Wildman–Crippen MR) is 88.2 cm³/mol. The number of thiophene rings is 1. The van der Waals surface area contributed by atoms with E-state index in [1.165, 1.54) is 4.88 Å². The van der Waals surface area contributed by atoms with Crippen LogP contribution in [0.25, 0.3) is 0 Å². The summed E-state index contributed by atoms with van der Waals surface area (Å²) in [6.45, 7) is 0.778. The number of anilines is 2. The van der Waals surface area contributed by atoms with Crippen molar-refractivity contribution >= 4 is 40.2 Å². The molecule has 1 aliphatic rings. The van der Waals surface area contributed by atoms with Gasteiger partial charge in [-0.2, -0.15) is 0 Å². The van der Waals surface area contributed by atoms with Crippen LogP contribution in [0.3, 0.4) is 0 Å². The summed E-state index contributed by atoms with van der Waals surface area (Å²) in [4.78, 5) is 16.9. The molecule has 0 aliphatic carbocycles. The topological polar surface area (TPSA) is 49.6 Å². The van der Waals surface area contributed by atoms with E-state index < -0.39 is 6.04 Å². The highest BCUT2D eigenvalue weighted by Gasteiger charge is 2.32. The molecule has 2 aromatic rings. The zero-order chi connectivity index (χ0) is 15.1. The van der Waals surface area contributed by atoms with Crippen molar-refractivity contribution in [2.45, 2.75) is 12.6 Å². The van der Waals surface area contributed by atoms with E-state index in [-0.39, 0.29) is 5.91 Å². The van der Waals surface area contributed by atoms with Gasteiger partial charge in [-0.25, -0.2) is 0 Å². The van der Waals surface area contributed by atoms with Gasteiger partial charge in [0.05, 0.1) is 16.6 Å². The molecule has 0 spiro atoms. The van der Waals surface area contributed by atoms with Crippen LogP contribution in [0, 0.1) is 0 Å². The molecule has 1 atom stereocenters. The van der Waals surface area contributed by atoms with Gasteiger partial charge in [0.15, 0.2) is 0 Å². The van der Waals surface area contributed by atoms with Gasteiger partial charge >= 0.3 is 0 Å². The Hall–Kier alpha value is -1.56. The molecule has 0 saturated carbocycles. The Morgan fingerprint density at radius 3 is 2.81 bits per heavy atom. The van der Waals surface area contributed by atoms with Crippen LogP contribution in [0.5, 0.6) is 0 Å². The van der Waals surface area contributed by atoms with Gasteiger partial charge in [-0.1, -0.05) is 17.7 Å². The summed E-state index contributed by atoms with van der Waals surface area (Å²) >= 11 is 7.54. The Morgan fingerprint density at radius 2 is 2.14 bits per heavy atom. The molecule has 3 rings (SSSR count). The molecule has 21 heavy (non-hydrogen) atoms. The van der Waals surface area contributed by atoms with E-state index in [9.17, 15) is 4.79 Å². The van der Waals surface area contributed by atoms with Crippen molar-refractivity contribution in [1.82, 2.24) is 0 Å². The van der Waals surface area contributed by atoms with Crippen molar-refractivity contribution in [3.05, 3.63) is 45.1 Å². The van der Waals surface area contributed by atoms with E-state index >= 15 is 0 Å². The number of rotatable bonds is 3. The van der Waals surface area contributed by atoms with Crippen molar-refractivity contribution in [3.8, 4) is 0 Å². The molecular weight excluding hydrogens is 306 g/mol. The van der Waals surface area contributed by atoms with Crippen molar-refractivity contribution in [2.24, 2.45) is 5.73 Å². The number of nitrogens with two attached hydrogens (primary N) is 1. The Balaban J connectivity index is 1.86. The lowest BCUT2D eigenvalue weighted by molar-refractivity contribution is -0.118. The fourth-order valence-electron chi connectivity index (χ4n) is 2.55. The fourth-order valence-corrected chi connectivity index (χ4v) is 3.69. The average molecular weight is 322 g/mol. The fraction of sp³-hybridized carbons (Fsp3) is 0.267. The molecule has 4 nitrogen and oxygen atoms in total. The monoisotopic (exact) mass is 321 g/mol.